The number of carbonyl (C=O) groups excluding carboxylic acids is 2. The number of rotatable bonds is 9. The molecular formula is C25H32N2O4. The highest BCUT2D eigenvalue weighted by Crippen LogP contribution is 2.21. The lowest BCUT2D eigenvalue weighted by atomic mass is 10.0. The first-order valence-corrected chi connectivity index (χ1v) is 10.9. The highest BCUT2D eigenvalue weighted by Gasteiger charge is 2.21. The zero-order valence-electron chi connectivity index (χ0n) is 18.5. The molecule has 1 aliphatic heterocycles. The van der Waals surface area contributed by atoms with Crippen LogP contribution in [0, 0.1) is 0 Å². The molecule has 1 aliphatic rings. The molecule has 0 saturated carbocycles. The van der Waals surface area contributed by atoms with Gasteiger partial charge in [-0.15, -0.1) is 0 Å². The van der Waals surface area contributed by atoms with Gasteiger partial charge >= 0.3 is 5.97 Å². The van der Waals surface area contributed by atoms with Crippen LogP contribution in [0.25, 0.3) is 0 Å². The van der Waals surface area contributed by atoms with Crippen molar-refractivity contribution >= 4 is 17.6 Å². The van der Waals surface area contributed by atoms with E-state index in [9.17, 15) is 9.59 Å². The maximum atomic E-state index is 12.4. The van der Waals surface area contributed by atoms with E-state index in [0.717, 1.165) is 18.7 Å². The molecule has 0 N–H and O–H groups in total. The number of hydrogen-bond donors (Lipinski definition) is 0. The molecule has 3 rings (SSSR count). The fourth-order valence-electron chi connectivity index (χ4n) is 3.54. The van der Waals surface area contributed by atoms with Gasteiger partial charge in [-0.2, -0.15) is 0 Å². The van der Waals surface area contributed by atoms with Gasteiger partial charge in [-0.1, -0.05) is 56.3 Å². The minimum atomic E-state index is -0.423. The van der Waals surface area contributed by atoms with Crippen molar-refractivity contribution in [3.05, 3.63) is 65.7 Å². The molecule has 0 aliphatic carbocycles. The lowest BCUT2D eigenvalue weighted by Crippen LogP contribution is -2.49. The van der Waals surface area contributed by atoms with Gasteiger partial charge in [0.25, 0.3) is 0 Å². The molecule has 1 amide bonds. The zero-order chi connectivity index (χ0) is 22.1. The monoisotopic (exact) mass is 424 g/mol. The van der Waals surface area contributed by atoms with Gasteiger partial charge in [0, 0.05) is 31.9 Å². The van der Waals surface area contributed by atoms with E-state index in [4.69, 9.17) is 9.47 Å². The number of anilines is 1. The van der Waals surface area contributed by atoms with E-state index in [-0.39, 0.29) is 32.1 Å². The van der Waals surface area contributed by atoms with Crippen molar-refractivity contribution in [2.75, 3.05) is 44.3 Å². The fraction of sp³-hybridized carbons (Fsp3) is 0.440. The molecule has 6 heteroatoms. The minimum Gasteiger partial charge on any atom is -0.459 e. The summed E-state index contributed by atoms with van der Waals surface area (Å²) < 4.78 is 10.5. The van der Waals surface area contributed by atoms with Crippen LogP contribution < -0.4 is 4.90 Å². The molecular weight excluding hydrogens is 392 g/mol. The predicted octanol–water partition coefficient (Wildman–Crippen LogP) is 3.61. The van der Waals surface area contributed by atoms with Crippen LogP contribution in [0.2, 0.25) is 0 Å². The van der Waals surface area contributed by atoms with E-state index in [1.54, 1.807) is 0 Å². The highest BCUT2D eigenvalue weighted by atomic mass is 16.6. The number of benzene rings is 2. The third-order valence-corrected chi connectivity index (χ3v) is 5.48. The number of esters is 1. The van der Waals surface area contributed by atoms with Crippen molar-refractivity contribution in [1.29, 1.82) is 0 Å². The number of nitrogens with zero attached hydrogens (tertiary/aromatic N) is 2. The highest BCUT2D eigenvalue weighted by molar-refractivity contribution is 5.76. The first-order chi connectivity index (χ1) is 15.0. The number of ether oxygens (including phenoxy) is 2. The van der Waals surface area contributed by atoms with Gasteiger partial charge in [0.15, 0.2) is 0 Å². The zero-order valence-corrected chi connectivity index (χ0v) is 18.5. The number of carbonyl (C=O) groups is 2. The summed E-state index contributed by atoms with van der Waals surface area (Å²) in [5, 5.41) is 0. The first kappa shape index (κ1) is 22.8. The van der Waals surface area contributed by atoms with Crippen molar-refractivity contribution in [3.8, 4) is 0 Å². The summed E-state index contributed by atoms with van der Waals surface area (Å²) in [5.74, 6) is 0.164. The number of piperazine rings is 1. The van der Waals surface area contributed by atoms with E-state index in [0.29, 0.717) is 19.0 Å². The average molecular weight is 425 g/mol. The summed E-state index contributed by atoms with van der Waals surface area (Å²) in [6, 6.07) is 18.2. The maximum Gasteiger partial charge on any atom is 0.332 e. The molecule has 1 heterocycles. The maximum absolute atomic E-state index is 12.4. The van der Waals surface area contributed by atoms with E-state index in [1.165, 1.54) is 11.3 Å². The van der Waals surface area contributed by atoms with E-state index < -0.39 is 5.97 Å². The van der Waals surface area contributed by atoms with Crippen LogP contribution in [-0.4, -0.2) is 56.2 Å². The van der Waals surface area contributed by atoms with Crippen molar-refractivity contribution in [3.63, 3.8) is 0 Å². The summed E-state index contributed by atoms with van der Waals surface area (Å²) in [6.45, 7) is 7.73. The Kier molecular flexibility index (Phi) is 8.47. The Morgan fingerprint density at radius 3 is 2.26 bits per heavy atom. The first-order valence-electron chi connectivity index (χ1n) is 10.9. The van der Waals surface area contributed by atoms with Crippen molar-refractivity contribution < 1.29 is 19.1 Å². The van der Waals surface area contributed by atoms with Gasteiger partial charge in [0.2, 0.25) is 5.91 Å². The predicted molar refractivity (Wildman–Crippen MR) is 121 cm³/mol. The van der Waals surface area contributed by atoms with E-state index in [1.807, 2.05) is 35.2 Å². The van der Waals surface area contributed by atoms with Crippen LogP contribution in [-0.2, 0) is 25.7 Å². The van der Waals surface area contributed by atoms with Crippen molar-refractivity contribution in [2.24, 2.45) is 0 Å². The Morgan fingerprint density at radius 2 is 1.61 bits per heavy atom. The molecule has 6 nitrogen and oxygen atoms in total. The molecule has 0 bridgehead atoms. The van der Waals surface area contributed by atoms with Gasteiger partial charge in [0.05, 0.1) is 13.0 Å². The van der Waals surface area contributed by atoms with Gasteiger partial charge < -0.3 is 19.3 Å². The number of amides is 1. The van der Waals surface area contributed by atoms with Crippen molar-refractivity contribution in [2.45, 2.75) is 32.8 Å². The molecule has 31 heavy (non-hydrogen) atoms. The van der Waals surface area contributed by atoms with Crippen LogP contribution >= 0.6 is 0 Å². The second-order valence-electron chi connectivity index (χ2n) is 8.06. The molecule has 0 spiro atoms. The molecule has 166 valence electrons. The van der Waals surface area contributed by atoms with Crippen LogP contribution in [0.4, 0.5) is 5.69 Å². The topological polar surface area (TPSA) is 59.1 Å². The van der Waals surface area contributed by atoms with Gasteiger partial charge in [-0.25, -0.2) is 4.79 Å². The Hall–Kier alpha value is -2.86. The van der Waals surface area contributed by atoms with Crippen LogP contribution in [0.3, 0.4) is 0 Å². The minimum absolute atomic E-state index is 0.0625. The molecule has 2 aromatic carbocycles. The SMILES string of the molecule is CC(C)c1ccc(N2CCN(C(=O)CCOCC(=O)OCc3ccccc3)CC2)cc1. The summed E-state index contributed by atoms with van der Waals surface area (Å²) in [7, 11) is 0. The van der Waals surface area contributed by atoms with Crippen LogP contribution in [0.1, 0.15) is 37.3 Å². The summed E-state index contributed by atoms with van der Waals surface area (Å²) in [6.07, 6.45) is 0.273. The molecule has 1 fully saturated rings. The van der Waals surface area contributed by atoms with Gasteiger partial charge in [0.1, 0.15) is 13.2 Å². The Morgan fingerprint density at radius 1 is 0.935 bits per heavy atom. The standard InChI is InChI=1S/C25H32N2O4/c1-20(2)22-8-10-23(11-9-22)26-13-15-27(16-14-26)24(28)12-17-30-19-25(29)31-18-21-6-4-3-5-7-21/h3-11,20H,12-19H2,1-2H3. The van der Waals surface area contributed by atoms with Crippen molar-refractivity contribution in [1.82, 2.24) is 4.90 Å². The summed E-state index contributed by atoms with van der Waals surface area (Å²) in [4.78, 5) is 28.4. The van der Waals surface area contributed by atoms with E-state index in [2.05, 4.69) is 43.0 Å². The molecule has 2 aromatic rings. The Labute approximate surface area is 184 Å². The van der Waals surface area contributed by atoms with E-state index >= 15 is 0 Å². The lowest BCUT2D eigenvalue weighted by molar-refractivity contribution is -0.151. The third-order valence-electron chi connectivity index (χ3n) is 5.48. The lowest BCUT2D eigenvalue weighted by Gasteiger charge is -2.36. The normalized spacial score (nSPS) is 14.0. The Bertz CT molecular complexity index is 828. The van der Waals surface area contributed by atoms with Crippen LogP contribution in [0.15, 0.2) is 54.6 Å². The second kappa shape index (κ2) is 11.5. The summed E-state index contributed by atoms with van der Waals surface area (Å²) >= 11 is 0. The molecule has 0 aromatic heterocycles. The quantitative estimate of drug-likeness (QED) is 0.455. The van der Waals surface area contributed by atoms with Gasteiger partial charge in [-0.05, 0) is 29.2 Å². The second-order valence-corrected chi connectivity index (χ2v) is 8.06. The van der Waals surface area contributed by atoms with Crippen LogP contribution in [0.5, 0.6) is 0 Å². The number of hydrogen-bond acceptors (Lipinski definition) is 5. The molecule has 1 saturated heterocycles. The molecule has 0 radical (unpaired) electrons. The largest absolute Gasteiger partial charge is 0.459 e. The Balaban J connectivity index is 1.30. The fourth-order valence-corrected chi connectivity index (χ4v) is 3.54. The molecule has 0 unspecified atom stereocenters. The molecule has 0 atom stereocenters. The summed E-state index contributed by atoms with van der Waals surface area (Å²) in [5.41, 5.74) is 3.47. The smallest absolute Gasteiger partial charge is 0.332 e. The third kappa shape index (κ3) is 7.10. The average Bonchev–Trinajstić information content (AvgIpc) is 2.81. The van der Waals surface area contributed by atoms with Gasteiger partial charge in [-0.3, -0.25) is 4.79 Å².